The van der Waals surface area contributed by atoms with Crippen LogP contribution in [0.15, 0.2) is 237 Å². The molecule has 1 aliphatic rings. The minimum atomic E-state index is 0.805. The summed E-state index contributed by atoms with van der Waals surface area (Å²) in [6, 6.07) is 87.0. The van der Waals surface area contributed by atoms with Gasteiger partial charge in [-0.2, -0.15) is 0 Å². The van der Waals surface area contributed by atoms with Crippen molar-refractivity contribution in [3.05, 3.63) is 259 Å². The third-order valence-corrected chi connectivity index (χ3v) is 12.4. The highest BCUT2D eigenvalue weighted by molar-refractivity contribution is 5.91. The van der Waals surface area contributed by atoms with Gasteiger partial charge in [-0.25, -0.2) is 0 Å². The van der Waals surface area contributed by atoms with Crippen LogP contribution in [-0.2, 0) is 12.8 Å². The molecule has 0 amide bonds. The summed E-state index contributed by atoms with van der Waals surface area (Å²) in [4.78, 5) is 2.44. The maximum Gasteiger partial charge on any atom is 0.0468 e. The van der Waals surface area contributed by atoms with E-state index in [4.69, 9.17) is 0 Å². The lowest BCUT2D eigenvalue weighted by Crippen LogP contribution is -2.11. The Morgan fingerprint density at radius 3 is 1.30 bits per heavy atom. The zero-order valence-corrected chi connectivity index (χ0v) is 33.9. The monoisotopic (exact) mass is 777 g/mol. The Labute approximate surface area is 358 Å². The molecule has 1 aliphatic carbocycles. The minimum absolute atomic E-state index is 0.805. The molecule has 0 fully saturated rings. The standard InChI is InChI=1S/C60H43N/c1-3-16-44(17-4-1)58-35-34-54(41-60(58)45-18-5-2-6-19-45)61(52-31-29-43(30-32-52)47-28-27-42-15-7-8-20-46(42)37-47)53-33-36-59-51(40-53)39-50-23-11-13-25-56(50)55-24-12-9-21-48(55)38-49-22-10-14-26-57(49)59/h1-37,40-41H,38-39H2. The van der Waals surface area contributed by atoms with Gasteiger partial charge in [0.05, 0.1) is 0 Å². The average molecular weight is 778 g/mol. The summed E-state index contributed by atoms with van der Waals surface area (Å²) in [5.41, 5.74) is 21.1. The van der Waals surface area contributed by atoms with Crippen molar-refractivity contribution >= 4 is 27.8 Å². The molecule has 10 aromatic carbocycles. The summed E-state index contributed by atoms with van der Waals surface area (Å²) >= 11 is 0. The van der Waals surface area contributed by atoms with Gasteiger partial charge >= 0.3 is 0 Å². The van der Waals surface area contributed by atoms with Crippen molar-refractivity contribution in [3.63, 3.8) is 0 Å². The summed E-state index contributed by atoms with van der Waals surface area (Å²) in [5, 5.41) is 2.50. The average Bonchev–Trinajstić information content (AvgIpc) is 3.33. The number of benzene rings is 10. The van der Waals surface area contributed by atoms with Gasteiger partial charge in [0.25, 0.3) is 0 Å². The quantitative estimate of drug-likeness (QED) is 0.163. The maximum absolute atomic E-state index is 2.45. The van der Waals surface area contributed by atoms with Gasteiger partial charge in [0, 0.05) is 17.1 Å². The Bertz CT molecular complexity index is 3180. The van der Waals surface area contributed by atoms with E-state index in [1.165, 1.54) is 88.7 Å². The summed E-state index contributed by atoms with van der Waals surface area (Å²) in [6.45, 7) is 0. The molecule has 0 N–H and O–H groups in total. The first-order valence-corrected chi connectivity index (χ1v) is 21.3. The summed E-state index contributed by atoms with van der Waals surface area (Å²) in [7, 11) is 0. The molecule has 0 radical (unpaired) electrons. The van der Waals surface area contributed by atoms with E-state index in [0.29, 0.717) is 0 Å². The fourth-order valence-electron chi connectivity index (χ4n) is 9.37. The van der Waals surface area contributed by atoms with Crippen molar-refractivity contribution in [1.29, 1.82) is 0 Å². The molecule has 61 heavy (non-hydrogen) atoms. The lowest BCUT2D eigenvalue weighted by molar-refractivity contribution is 1.14. The topological polar surface area (TPSA) is 3.24 Å². The van der Waals surface area contributed by atoms with E-state index in [2.05, 4.69) is 241 Å². The molecule has 11 rings (SSSR count). The predicted octanol–water partition coefficient (Wildman–Crippen LogP) is 16.1. The Morgan fingerprint density at radius 1 is 0.230 bits per heavy atom. The Hall–Kier alpha value is -7.74. The van der Waals surface area contributed by atoms with Gasteiger partial charge in [-0.15, -0.1) is 0 Å². The van der Waals surface area contributed by atoms with Crippen LogP contribution in [0.4, 0.5) is 17.1 Å². The second kappa shape index (κ2) is 15.8. The van der Waals surface area contributed by atoms with E-state index in [-0.39, 0.29) is 0 Å². The SMILES string of the molecule is c1ccc(-c2ccc(N(c3ccc(-c4ccc5ccccc5c4)cc3)c3ccc4c(c3)Cc3ccccc3-c3ccccc3Cc3ccccc3-4)cc2-c2ccccc2)cc1. The fraction of sp³-hybridized carbons (Fsp3) is 0.0333. The zero-order valence-electron chi connectivity index (χ0n) is 33.9. The van der Waals surface area contributed by atoms with Crippen LogP contribution in [0.25, 0.3) is 66.4 Å². The molecule has 0 aromatic heterocycles. The van der Waals surface area contributed by atoms with Gasteiger partial charge in [-0.3, -0.25) is 0 Å². The molecular formula is C60H43N. The predicted molar refractivity (Wildman–Crippen MR) is 258 cm³/mol. The van der Waals surface area contributed by atoms with E-state index in [1.54, 1.807) is 0 Å². The van der Waals surface area contributed by atoms with Gasteiger partial charge in [-0.05, 0) is 144 Å². The highest BCUT2D eigenvalue weighted by atomic mass is 15.1. The lowest BCUT2D eigenvalue weighted by Gasteiger charge is -2.28. The molecule has 10 aromatic rings. The van der Waals surface area contributed by atoms with Crippen molar-refractivity contribution < 1.29 is 0 Å². The smallest absolute Gasteiger partial charge is 0.0468 e. The van der Waals surface area contributed by atoms with Crippen molar-refractivity contribution in [2.24, 2.45) is 0 Å². The highest BCUT2D eigenvalue weighted by Gasteiger charge is 2.22. The van der Waals surface area contributed by atoms with Crippen molar-refractivity contribution in [2.45, 2.75) is 12.8 Å². The molecule has 0 saturated heterocycles. The highest BCUT2D eigenvalue weighted by Crippen LogP contribution is 2.44. The molecule has 1 heteroatoms. The van der Waals surface area contributed by atoms with Crippen LogP contribution in [0.1, 0.15) is 22.3 Å². The van der Waals surface area contributed by atoms with Gasteiger partial charge < -0.3 is 4.90 Å². The molecule has 0 saturated carbocycles. The lowest BCUT2D eigenvalue weighted by atomic mass is 9.84. The maximum atomic E-state index is 2.45. The number of rotatable bonds is 6. The number of anilines is 3. The van der Waals surface area contributed by atoms with Crippen LogP contribution in [0.2, 0.25) is 0 Å². The van der Waals surface area contributed by atoms with E-state index >= 15 is 0 Å². The van der Waals surface area contributed by atoms with Gasteiger partial charge in [0.1, 0.15) is 0 Å². The van der Waals surface area contributed by atoms with E-state index in [9.17, 15) is 0 Å². The number of hydrogen-bond acceptors (Lipinski definition) is 1. The molecule has 1 nitrogen and oxygen atoms in total. The van der Waals surface area contributed by atoms with Crippen molar-refractivity contribution in [2.75, 3.05) is 4.90 Å². The van der Waals surface area contributed by atoms with Gasteiger partial charge in [0.15, 0.2) is 0 Å². The van der Waals surface area contributed by atoms with Crippen molar-refractivity contribution in [1.82, 2.24) is 0 Å². The first-order chi connectivity index (χ1) is 30.2. The van der Waals surface area contributed by atoms with Crippen LogP contribution in [-0.4, -0.2) is 0 Å². The molecule has 288 valence electrons. The Balaban J connectivity index is 1.10. The third-order valence-electron chi connectivity index (χ3n) is 12.4. The van der Waals surface area contributed by atoms with E-state index in [1.807, 2.05) is 0 Å². The summed E-state index contributed by atoms with van der Waals surface area (Å²) in [6.07, 6.45) is 1.67. The first kappa shape index (κ1) is 36.3. The molecular weight excluding hydrogens is 735 g/mol. The largest absolute Gasteiger partial charge is 0.310 e. The molecule has 0 heterocycles. The Kier molecular flexibility index (Phi) is 9.41. The molecule has 0 aliphatic heterocycles. The minimum Gasteiger partial charge on any atom is -0.310 e. The number of hydrogen-bond donors (Lipinski definition) is 0. The first-order valence-electron chi connectivity index (χ1n) is 21.3. The summed E-state index contributed by atoms with van der Waals surface area (Å²) < 4.78 is 0. The summed E-state index contributed by atoms with van der Waals surface area (Å²) in [5.74, 6) is 0. The second-order valence-corrected chi connectivity index (χ2v) is 16.1. The Morgan fingerprint density at radius 2 is 0.672 bits per heavy atom. The van der Waals surface area contributed by atoms with Crippen LogP contribution in [0.3, 0.4) is 0 Å². The van der Waals surface area contributed by atoms with E-state index < -0.39 is 0 Å². The van der Waals surface area contributed by atoms with Crippen LogP contribution in [0.5, 0.6) is 0 Å². The van der Waals surface area contributed by atoms with Gasteiger partial charge in [-0.1, -0.05) is 194 Å². The number of fused-ring (bicyclic) bond motifs is 7. The zero-order chi connectivity index (χ0) is 40.5. The number of nitrogens with zero attached hydrogens (tertiary/aromatic N) is 1. The van der Waals surface area contributed by atoms with Crippen LogP contribution < -0.4 is 4.90 Å². The normalized spacial score (nSPS) is 11.8. The molecule has 0 atom stereocenters. The second-order valence-electron chi connectivity index (χ2n) is 16.1. The fourth-order valence-corrected chi connectivity index (χ4v) is 9.37. The van der Waals surface area contributed by atoms with Crippen molar-refractivity contribution in [3.8, 4) is 55.6 Å². The van der Waals surface area contributed by atoms with Crippen LogP contribution >= 0.6 is 0 Å². The third kappa shape index (κ3) is 7.01. The molecule has 0 unspecified atom stereocenters. The molecule has 0 bridgehead atoms. The molecule has 0 spiro atoms. The van der Waals surface area contributed by atoms with E-state index in [0.717, 1.165) is 29.9 Å². The van der Waals surface area contributed by atoms with Gasteiger partial charge in [0.2, 0.25) is 0 Å². The van der Waals surface area contributed by atoms with Crippen LogP contribution in [0, 0.1) is 0 Å².